The maximum atomic E-state index is 13.2. The fourth-order valence-electron chi connectivity index (χ4n) is 3.41. The van der Waals surface area contributed by atoms with Crippen LogP contribution in [0, 0.1) is 18.7 Å². The number of likely N-dealkylation sites (tertiary alicyclic amines) is 1. The van der Waals surface area contributed by atoms with Crippen molar-refractivity contribution in [2.75, 3.05) is 19.6 Å². The molecule has 3 aromatic rings. The molecule has 1 aliphatic heterocycles. The van der Waals surface area contributed by atoms with Crippen LogP contribution in [0.1, 0.15) is 22.5 Å². The Balaban J connectivity index is 1.80. The van der Waals surface area contributed by atoms with E-state index in [1.807, 2.05) is 4.90 Å². The lowest BCUT2D eigenvalue weighted by Gasteiger charge is -2.17. The minimum atomic E-state index is -0.327. The van der Waals surface area contributed by atoms with E-state index in [0.717, 1.165) is 6.42 Å². The number of fused-ring (bicyclic) bond motifs is 1. The smallest absolute Gasteiger partial charge is 0.259 e. The Morgan fingerprint density at radius 1 is 1.38 bits per heavy atom. The van der Waals surface area contributed by atoms with Crippen molar-refractivity contribution >= 4 is 17.0 Å². The number of hydrogen-bond acceptors (Lipinski definition) is 5. The summed E-state index contributed by atoms with van der Waals surface area (Å²) in [6, 6.07) is 7.71. The average Bonchev–Trinajstić information content (AvgIpc) is 3.28. The second-order valence-electron chi connectivity index (χ2n) is 6.65. The Kier molecular flexibility index (Phi) is 4.16. The highest BCUT2D eigenvalue weighted by Crippen LogP contribution is 2.29. The third kappa shape index (κ3) is 2.84. The molecule has 0 spiro atoms. The number of halogens is 1. The molecule has 1 saturated heterocycles. The number of amides is 1. The number of carbonyl (C=O) groups is 1. The van der Waals surface area contributed by atoms with Crippen LogP contribution >= 0.6 is 0 Å². The van der Waals surface area contributed by atoms with Gasteiger partial charge in [0.15, 0.2) is 0 Å². The second kappa shape index (κ2) is 6.49. The molecule has 1 atom stereocenters. The summed E-state index contributed by atoms with van der Waals surface area (Å²) in [7, 11) is 0. The molecule has 0 aliphatic carbocycles. The van der Waals surface area contributed by atoms with Gasteiger partial charge in [-0.05, 0) is 56.1 Å². The van der Waals surface area contributed by atoms with Crippen molar-refractivity contribution in [2.24, 2.45) is 11.7 Å². The number of rotatable bonds is 3. The van der Waals surface area contributed by atoms with Gasteiger partial charge in [-0.15, -0.1) is 0 Å². The molecule has 26 heavy (non-hydrogen) atoms. The molecule has 0 saturated carbocycles. The van der Waals surface area contributed by atoms with Crippen molar-refractivity contribution in [3.8, 4) is 11.3 Å². The Morgan fingerprint density at radius 3 is 2.85 bits per heavy atom. The minimum absolute atomic E-state index is 0.0805. The van der Waals surface area contributed by atoms with Crippen LogP contribution in [0.5, 0.6) is 0 Å². The molecule has 4 rings (SSSR count). The van der Waals surface area contributed by atoms with E-state index in [-0.39, 0.29) is 11.7 Å². The first-order valence-electron chi connectivity index (χ1n) is 8.59. The van der Waals surface area contributed by atoms with Gasteiger partial charge < -0.3 is 15.2 Å². The minimum Gasteiger partial charge on any atom is -0.338 e. The molecule has 0 radical (unpaired) electrons. The van der Waals surface area contributed by atoms with Crippen LogP contribution in [0.2, 0.25) is 0 Å². The Morgan fingerprint density at radius 2 is 2.15 bits per heavy atom. The van der Waals surface area contributed by atoms with Crippen LogP contribution < -0.4 is 5.73 Å². The predicted molar refractivity (Wildman–Crippen MR) is 95.0 cm³/mol. The van der Waals surface area contributed by atoms with Crippen LogP contribution in [0.3, 0.4) is 0 Å². The standard InChI is InChI=1S/C19H19FN4O2/c1-11-17-15(19(25)24-7-6-12(9-21)10-24)8-16(22-18(17)26-23-11)13-2-4-14(20)5-3-13/h2-5,8,12H,6-7,9-10,21H2,1H3. The van der Waals surface area contributed by atoms with Crippen LogP contribution in [-0.2, 0) is 0 Å². The number of hydrogen-bond donors (Lipinski definition) is 1. The molecule has 1 amide bonds. The van der Waals surface area contributed by atoms with Gasteiger partial charge >= 0.3 is 0 Å². The van der Waals surface area contributed by atoms with Gasteiger partial charge in [-0.25, -0.2) is 9.37 Å². The normalized spacial score (nSPS) is 17.2. The largest absolute Gasteiger partial charge is 0.338 e. The molecule has 7 heteroatoms. The number of nitrogens with zero attached hydrogens (tertiary/aromatic N) is 3. The molecule has 1 aliphatic rings. The fourth-order valence-corrected chi connectivity index (χ4v) is 3.41. The Bertz CT molecular complexity index is 968. The van der Waals surface area contributed by atoms with Crippen molar-refractivity contribution in [2.45, 2.75) is 13.3 Å². The third-order valence-corrected chi connectivity index (χ3v) is 4.89. The highest BCUT2D eigenvalue weighted by Gasteiger charge is 2.29. The molecule has 6 nitrogen and oxygen atoms in total. The molecule has 1 unspecified atom stereocenters. The van der Waals surface area contributed by atoms with E-state index in [1.165, 1.54) is 12.1 Å². The van der Waals surface area contributed by atoms with Crippen molar-refractivity contribution in [3.05, 3.63) is 47.4 Å². The van der Waals surface area contributed by atoms with Crippen LogP contribution in [0.25, 0.3) is 22.4 Å². The van der Waals surface area contributed by atoms with E-state index in [2.05, 4.69) is 10.1 Å². The summed E-state index contributed by atoms with van der Waals surface area (Å²) in [5, 5.41) is 4.58. The summed E-state index contributed by atoms with van der Waals surface area (Å²) in [6.45, 7) is 3.69. The first-order chi connectivity index (χ1) is 12.6. The Hall–Kier alpha value is -2.80. The molecule has 1 fully saturated rings. The number of nitrogens with two attached hydrogens (primary N) is 1. The maximum absolute atomic E-state index is 13.2. The third-order valence-electron chi connectivity index (χ3n) is 4.89. The zero-order valence-electron chi connectivity index (χ0n) is 14.4. The number of benzene rings is 1. The second-order valence-corrected chi connectivity index (χ2v) is 6.65. The number of pyridine rings is 1. The van der Waals surface area contributed by atoms with E-state index in [4.69, 9.17) is 10.3 Å². The lowest BCUT2D eigenvalue weighted by molar-refractivity contribution is 0.0789. The van der Waals surface area contributed by atoms with Crippen molar-refractivity contribution < 1.29 is 13.7 Å². The lowest BCUT2D eigenvalue weighted by atomic mass is 10.0. The lowest BCUT2D eigenvalue weighted by Crippen LogP contribution is -2.30. The quantitative estimate of drug-likeness (QED) is 0.782. The van der Waals surface area contributed by atoms with E-state index < -0.39 is 0 Å². The van der Waals surface area contributed by atoms with Crippen LogP contribution in [0.4, 0.5) is 4.39 Å². The SMILES string of the molecule is Cc1noc2nc(-c3ccc(F)cc3)cc(C(=O)N3CCC(CN)C3)c12. The van der Waals surface area contributed by atoms with Crippen molar-refractivity contribution in [1.82, 2.24) is 15.0 Å². The number of aryl methyl sites for hydroxylation is 1. The van der Waals surface area contributed by atoms with E-state index in [0.29, 0.717) is 59.2 Å². The summed E-state index contributed by atoms with van der Waals surface area (Å²) >= 11 is 0. The van der Waals surface area contributed by atoms with Crippen molar-refractivity contribution in [1.29, 1.82) is 0 Å². The van der Waals surface area contributed by atoms with Gasteiger partial charge in [-0.2, -0.15) is 0 Å². The van der Waals surface area contributed by atoms with Gasteiger partial charge in [0, 0.05) is 18.7 Å². The van der Waals surface area contributed by atoms with Gasteiger partial charge in [0.25, 0.3) is 11.6 Å². The predicted octanol–water partition coefficient (Wildman–Crippen LogP) is 2.76. The van der Waals surface area contributed by atoms with Gasteiger partial charge in [-0.1, -0.05) is 5.16 Å². The molecular weight excluding hydrogens is 335 g/mol. The van der Waals surface area contributed by atoms with Crippen molar-refractivity contribution in [3.63, 3.8) is 0 Å². The number of carbonyl (C=O) groups excluding carboxylic acids is 1. The molecule has 3 heterocycles. The van der Waals surface area contributed by atoms with Gasteiger partial charge in [0.05, 0.1) is 22.3 Å². The first kappa shape index (κ1) is 16.7. The maximum Gasteiger partial charge on any atom is 0.259 e. The zero-order chi connectivity index (χ0) is 18.3. The summed E-state index contributed by atoms with van der Waals surface area (Å²) in [4.78, 5) is 19.4. The molecule has 2 N–H and O–H groups in total. The van der Waals surface area contributed by atoms with E-state index in [1.54, 1.807) is 25.1 Å². The zero-order valence-corrected chi connectivity index (χ0v) is 14.4. The summed E-state index contributed by atoms with van der Waals surface area (Å²) < 4.78 is 18.5. The van der Waals surface area contributed by atoms with E-state index >= 15 is 0 Å². The highest BCUT2D eigenvalue weighted by atomic mass is 19.1. The van der Waals surface area contributed by atoms with Gasteiger partial charge in [0.2, 0.25) is 0 Å². The first-order valence-corrected chi connectivity index (χ1v) is 8.59. The van der Waals surface area contributed by atoms with Gasteiger partial charge in [-0.3, -0.25) is 4.79 Å². The van der Waals surface area contributed by atoms with Crippen LogP contribution in [0.15, 0.2) is 34.9 Å². The Labute approximate surface area is 149 Å². The monoisotopic (exact) mass is 354 g/mol. The van der Waals surface area contributed by atoms with E-state index in [9.17, 15) is 9.18 Å². The number of aromatic nitrogens is 2. The molecular formula is C19H19FN4O2. The molecule has 1 aromatic carbocycles. The molecule has 2 aromatic heterocycles. The molecule has 0 bridgehead atoms. The summed E-state index contributed by atoms with van der Waals surface area (Å²) in [6.07, 6.45) is 0.907. The highest BCUT2D eigenvalue weighted by molar-refractivity contribution is 6.07. The fraction of sp³-hybridized carbons (Fsp3) is 0.316. The average molecular weight is 354 g/mol. The summed E-state index contributed by atoms with van der Waals surface area (Å²) in [5.74, 6) is -0.0778. The van der Waals surface area contributed by atoms with Gasteiger partial charge in [0.1, 0.15) is 5.82 Å². The topological polar surface area (TPSA) is 85.2 Å². The summed E-state index contributed by atoms with van der Waals surface area (Å²) in [5.41, 5.74) is 8.43. The molecule has 134 valence electrons. The van der Waals surface area contributed by atoms with Crippen LogP contribution in [-0.4, -0.2) is 40.6 Å².